The molecule has 0 aliphatic carbocycles. The van der Waals surface area contributed by atoms with Crippen LogP contribution in [-0.4, -0.2) is 47.8 Å². The predicted octanol–water partition coefficient (Wildman–Crippen LogP) is 1.94. The van der Waals surface area contributed by atoms with Crippen LogP contribution in [0.5, 0.6) is 0 Å². The third-order valence-corrected chi connectivity index (χ3v) is 4.86. The van der Waals surface area contributed by atoms with E-state index in [1.807, 2.05) is 20.8 Å². The molecule has 8 heteroatoms. The first-order valence-corrected chi connectivity index (χ1v) is 9.69. The molecular weight excluding hydrogens is 374 g/mol. The van der Waals surface area contributed by atoms with Crippen LogP contribution >= 0.6 is 0 Å². The summed E-state index contributed by atoms with van der Waals surface area (Å²) >= 11 is 0. The van der Waals surface area contributed by atoms with Gasteiger partial charge in [-0.1, -0.05) is 20.8 Å². The number of rotatable bonds is 5. The third kappa shape index (κ3) is 6.04. The van der Waals surface area contributed by atoms with E-state index in [1.165, 1.54) is 19.1 Å². The van der Waals surface area contributed by atoms with Crippen LogP contribution in [0.3, 0.4) is 0 Å². The molecule has 0 aromatic heterocycles. The van der Waals surface area contributed by atoms with Crippen molar-refractivity contribution in [3.8, 4) is 0 Å². The first kappa shape index (κ1) is 22.4. The molecule has 1 aliphatic heterocycles. The molecule has 2 rings (SSSR count). The molecule has 29 heavy (non-hydrogen) atoms. The molecule has 158 valence electrons. The summed E-state index contributed by atoms with van der Waals surface area (Å²) in [5.74, 6) is -1.71. The van der Waals surface area contributed by atoms with Crippen LogP contribution in [-0.2, 0) is 19.1 Å². The highest BCUT2D eigenvalue weighted by atomic mass is 16.5. The summed E-state index contributed by atoms with van der Waals surface area (Å²) < 4.78 is 5.32. The Hall–Kier alpha value is -2.90. The fourth-order valence-corrected chi connectivity index (χ4v) is 3.08. The van der Waals surface area contributed by atoms with Gasteiger partial charge in [-0.15, -0.1) is 0 Å². The van der Waals surface area contributed by atoms with E-state index in [0.717, 1.165) is 0 Å². The second-order valence-corrected chi connectivity index (χ2v) is 8.33. The molecule has 1 aromatic carbocycles. The Bertz CT molecular complexity index is 775. The highest BCUT2D eigenvalue weighted by Gasteiger charge is 2.33. The topological polar surface area (TPSA) is 119 Å². The zero-order chi connectivity index (χ0) is 21.8. The van der Waals surface area contributed by atoms with Gasteiger partial charge in [0.25, 0.3) is 5.91 Å². The van der Waals surface area contributed by atoms with E-state index in [0.29, 0.717) is 37.2 Å². The fourth-order valence-electron chi connectivity index (χ4n) is 3.08. The van der Waals surface area contributed by atoms with Crippen LogP contribution in [0.1, 0.15) is 50.9 Å². The molecule has 3 N–H and O–H groups in total. The van der Waals surface area contributed by atoms with Crippen LogP contribution < -0.4 is 11.1 Å². The number of nitrogens with one attached hydrogen (secondary N) is 1. The van der Waals surface area contributed by atoms with Crippen molar-refractivity contribution in [2.24, 2.45) is 17.1 Å². The van der Waals surface area contributed by atoms with Gasteiger partial charge in [-0.05, 0) is 44.0 Å². The smallest absolute Gasteiger partial charge is 0.309 e. The number of hydrogen-bond acceptors (Lipinski definition) is 5. The first-order chi connectivity index (χ1) is 13.5. The molecule has 1 aliphatic rings. The lowest BCUT2D eigenvalue weighted by Crippen LogP contribution is -2.45. The van der Waals surface area contributed by atoms with Crippen molar-refractivity contribution in [3.05, 3.63) is 29.8 Å². The van der Waals surface area contributed by atoms with Gasteiger partial charge in [0.2, 0.25) is 11.8 Å². The van der Waals surface area contributed by atoms with Crippen LogP contribution in [0.15, 0.2) is 24.3 Å². The van der Waals surface area contributed by atoms with Crippen LogP contribution in [0.25, 0.3) is 0 Å². The molecule has 1 heterocycles. The molecule has 0 radical (unpaired) electrons. The van der Waals surface area contributed by atoms with E-state index in [9.17, 15) is 19.2 Å². The Labute approximate surface area is 170 Å². The lowest BCUT2D eigenvalue weighted by Gasteiger charge is -2.35. The number of likely N-dealkylation sites (tertiary alicyclic amines) is 1. The molecule has 3 amide bonds. The van der Waals surface area contributed by atoms with Gasteiger partial charge in [-0.2, -0.15) is 0 Å². The van der Waals surface area contributed by atoms with E-state index in [-0.39, 0.29) is 11.8 Å². The highest BCUT2D eigenvalue weighted by molar-refractivity contribution is 5.96. The molecule has 8 nitrogen and oxygen atoms in total. The van der Waals surface area contributed by atoms with E-state index in [2.05, 4.69) is 5.32 Å². The summed E-state index contributed by atoms with van der Waals surface area (Å²) in [6.45, 7) is 8.13. The fraction of sp³-hybridized carbons (Fsp3) is 0.524. The van der Waals surface area contributed by atoms with Gasteiger partial charge in [0.1, 0.15) is 0 Å². The summed E-state index contributed by atoms with van der Waals surface area (Å²) in [6, 6.07) is 6.10. The van der Waals surface area contributed by atoms with E-state index in [1.54, 1.807) is 17.0 Å². The van der Waals surface area contributed by atoms with Crippen molar-refractivity contribution in [1.82, 2.24) is 4.90 Å². The Kier molecular flexibility index (Phi) is 7.00. The van der Waals surface area contributed by atoms with Crippen LogP contribution in [0.2, 0.25) is 0 Å². The lowest BCUT2D eigenvalue weighted by atomic mass is 9.91. The zero-order valence-electron chi connectivity index (χ0n) is 17.4. The van der Waals surface area contributed by atoms with Crippen LogP contribution in [0.4, 0.5) is 5.69 Å². The van der Waals surface area contributed by atoms with Crippen molar-refractivity contribution in [2.75, 3.05) is 18.4 Å². The quantitative estimate of drug-likeness (QED) is 0.728. The van der Waals surface area contributed by atoms with E-state index < -0.39 is 29.3 Å². The second-order valence-electron chi connectivity index (χ2n) is 8.33. The number of amides is 3. The molecule has 1 aromatic rings. The maximum atomic E-state index is 12.4. The maximum Gasteiger partial charge on any atom is 0.309 e. The van der Waals surface area contributed by atoms with Crippen molar-refractivity contribution in [2.45, 2.75) is 46.6 Å². The predicted molar refractivity (Wildman–Crippen MR) is 108 cm³/mol. The maximum absolute atomic E-state index is 12.4. The number of nitrogens with zero attached hydrogens (tertiary/aromatic N) is 1. The number of primary amides is 1. The molecule has 0 bridgehead atoms. The zero-order valence-corrected chi connectivity index (χ0v) is 17.4. The average Bonchev–Trinajstić information content (AvgIpc) is 2.67. The van der Waals surface area contributed by atoms with Crippen molar-refractivity contribution < 1.29 is 23.9 Å². The number of anilines is 1. The molecule has 1 fully saturated rings. The molecule has 1 atom stereocenters. The van der Waals surface area contributed by atoms with E-state index in [4.69, 9.17) is 10.5 Å². The standard InChI is InChI=1S/C21H29N3O5/c1-13(18(26)23-16-7-5-14(6-8-16)17(22)25)29-19(27)15-9-11-24(12-10-15)20(28)21(2,3)4/h5-8,13,15H,9-12H2,1-4H3,(H2,22,25)(H,23,26)/t13-/m0/s1. The van der Waals surface area contributed by atoms with Crippen LogP contribution in [0, 0.1) is 11.3 Å². The van der Waals surface area contributed by atoms with E-state index >= 15 is 0 Å². The summed E-state index contributed by atoms with van der Waals surface area (Å²) in [7, 11) is 0. The Morgan fingerprint density at radius 1 is 1.10 bits per heavy atom. The molecule has 0 unspecified atom stereocenters. The number of piperidine rings is 1. The van der Waals surface area contributed by atoms with Gasteiger partial charge >= 0.3 is 5.97 Å². The number of nitrogens with two attached hydrogens (primary N) is 1. The van der Waals surface area contributed by atoms with Gasteiger partial charge in [0.05, 0.1) is 5.92 Å². The molecular formula is C21H29N3O5. The number of hydrogen-bond donors (Lipinski definition) is 2. The minimum Gasteiger partial charge on any atom is -0.452 e. The monoisotopic (exact) mass is 403 g/mol. The summed E-state index contributed by atoms with van der Waals surface area (Å²) in [6.07, 6.45) is 0.0696. The lowest BCUT2D eigenvalue weighted by molar-refractivity contribution is -0.160. The van der Waals surface area contributed by atoms with Gasteiger partial charge in [-0.25, -0.2) is 0 Å². The number of carbonyl (C=O) groups is 4. The number of esters is 1. The Balaban J connectivity index is 1.83. The third-order valence-electron chi connectivity index (χ3n) is 4.86. The van der Waals surface area contributed by atoms with Crippen molar-refractivity contribution in [1.29, 1.82) is 0 Å². The molecule has 1 saturated heterocycles. The van der Waals surface area contributed by atoms with Gasteiger partial charge in [-0.3, -0.25) is 19.2 Å². The summed E-state index contributed by atoms with van der Waals surface area (Å²) in [5, 5.41) is 2.63. The SMILES string of the molecule is C[C@H](OC(=O)C1CCN(C(=O)C(C)(C)C)CC1)C(=O)Nc1ccc(C(N)=O)cc1. The second kappa shape index (κ2) is 9.07. The molecule has 0 saturated carbocycles. The highest BCUT2D eigenvalue weighted by Crippen LogP contribution is 2.24. The minimum atomic E-state index is -0.965. The van der Waals surface area contributed by atoms with Gasteiger partial charge < -0.3 is 20.7 Å². The summed E-state index contributed by atoms with van der Waals surface area (Å²) in [4.78, 5) is 49.8. The first-order valence-electron chi connectivity index (χ1n) is 9.69. The minimum absolute atomic E-state index is 0.0689. The Morgan fingerprint density at radius 3 is 2.14 bits per heavy atom. The largest absolute Gasteiger partial charge is 0.452 e. The van der Waals surface area contributed by atoms with Gasteiger partial charge in [0.15, 0.2) is 6.10 Å². The number of carbonyl (C=O) groups excluding carboxylic acids is 4. The molecule has 0 spiro atoms. The number of ether oxygens (including phenoxy) is 1. The average molecular weight is 403 g/mol. The van der Waals surface area contributed by atoms with Gasteiger partial charge in [0, 0.05) is 29.8 Å². The normalized spacial score (nSPS) is 16.1. The van der Waals surface area contributed by atoms with Crippen molar-refractivity contribution >= 4 is 29.4 Å². The van der Waals surface area contributed by atoms with Crippen molar-refractivity contribution in [3.63, 3.8) is 0 Å². The Morgan fingerprint density at radius 2 is 1.66 bits per heavy atom. The number of benzene rings is 1. The summed E-state index contributed by atoms with van der Waals surface area (Å²) in [5.41, 5.74) is 5.53.